The number of hydrogen-bond donors (Lipinski definition) is 2. The molecule has 0 unspecified atom stereocenters. The van der Waals surface area contributed by atoms with E-state index in [0.29, 0.717) is 54.9 Å². The molecule has 0 radical (unpaired) electrons. The van der Waals surface area contributed by atoms with Crippen LogP contribution in [0.4, 0.5) is 16.3 Å². The van der Waals surface area contributed by atoms with Crippen LogP contribution in [0.2, 0.25) is 0 Å². The SMILES string of the molecule is CCNC(=O)Nc1ccc(-c2nc3c(c(N4CCOC[C@@H]4C)n2)CS(=O)(=O)C3)cc1. The van der Waals surface area contributed by atoms with Gasteiger partial charge >= 0.3 is 6.03 Å². The van der Waals surface area contributed by atoms with Crippen molar-refractivity contribution in [1.29, 1.82) is 0 Å². The highest BCUT2D eigenvalue weighted by molar-refractivity contribution is 7.90. The number of urea groups is 1. The van der Waals surface area contributed by atoms with Gasteiger partial charge in [0, 0.05) is 29.9 Å². The lowest BCUT2D eigenvalue weighted by atomic mass is 10.1. The zero-order valence-corrected chi connectivity index (χ0v) is 17.8. The minimum Gasteiger partial charge on any atom is -0.377 e. The van der Waals surface area contributed by atoms with E-state index in [4.69, 9.17) is 9.72 Å². The van der Waals surface area contributed by atoms with Crippen LogP contribution in [0.5, 0.6) is 0 Å². The van der Waals surface area contributed by atoms with Crippen molar-refractivity contribution < 1.29 is 17.9 Å². The van der Waals surface area contributed by atoms with Crippen molar-refractivity contribution in [2.24, 2.45) is 0 Å². The Morgan fingerprint density at radius 3 is 2.70 bits per heavy atom. The summed E-state index contributed by atoms with van der Waals surface area (Å²) in [6.07, 6.45) is 0. The summed E-state index contributed by atoms with van der Waals surface area (Å²) in [4.78, 5) is 23.1. The summed E-state index contributed by atoms with van der Waals surface area (Å²) in [6.45, 7) is 6.23. The zero-order valence-electron chi connectivity index (χ0n) is 17.0. The third kappa shape index (κ3) is 4.24. The molecule has 160 valence electrons. The first kappa shape index (κ1) is 20.5. The molecule has 30 heavy (non-hydrogen) atoms. The van der Waals surface area contributed by atoms with E-state index >= 15 is 0 Å². The number of nitrogens with one attached hydrogen (secondary N) is 2. The van der Waals surface area contributed by atoms with Gasteiger partial charge in [0.2, 0.25) is 0 Å². The highest BCUT2D eigenvalue weighted by Crippen LogP contribution is 2.34. The Kier molecular flexibility index (Phi) is 5.61. The first-order chi connectivity index (χ1) is 14.4. The van der Waals surface area contributed by atoms with Crippen molar-refractivity contribution in [2.45, 2.75) is 31.4 Å². The van der Waals surface area contributed by atoms with E-state index in [9.17, 15) is 13.2 Å². The van der Waals surface area contributed by atoms with E-state index in [1.54, 1.807) is 12.1 Å². The number of amides is 2. The molecular weight excluding hydrogens is 406 g/mol. The van der Waals surface area contributed by atoms with E-state index in [2.05, 4.69) is 20.5 Å². The van der Waals surface area contributed by atoms with E-state index in [1.165, 1.54) is 0 Å². The van der Waals surface area contributed by atoms with Gasteiger partial charge in [-0.3, -0.25) is 0 Å². The molecule has 2 aliphatic heterocycles. The molecule has 2 N–H and O–H groups in total. The Labute approximate surface area is 175 Å². The number of rotatable bonds is 4. The van der Waals surface area contributed by atoms with Gasteiger partial charge < -0.3 is 20.3 Å². The molecule has 2 aliphatic rings. The van der Waals surface area contributed by atoms with Gasteiger partial charge in [-0.2, -0.15) is 0 Å². The summed E-state index contributed by atoms with van der Waals surface area (Å²) in [5, 5.41) is 5.43. The highest BCUT2D eigenvalue weighted by Gasteiger charge is 2.34. The van der Waals surface area contributed by atoms with Gasteiger partial charge in [0.25, 0.3) is 0 Å². The zero-order chi connectivity index (χ0) is 21.3. The largest absolute Gasteiger partial charge is 0.377 e. The van der Waals surface area contributed by atoms with Crippen molar-refractivity contribution in [3.63, 3.8) is 0 Å². The maximum atomic E-state index is 12.3. The first-order valence-corrected chi connectivity index (χ1v) is 11.8. The second-order valence-electron chi connectivity index (χ2n) is 7.51. The lowest BCUT2D eigenvalue weighted by Crippen LogP contribution is -2.44. The van der Waals surface area contributed by atoms with E-state index in [1.807, 2.05) is 26.0 Å². The van der Waals surface area contributed by atoms with Gasteiger partial charge in [-0.1, -0.05) is 0 Å². The summed E-state index contributed by atoms with van der Waals surface area (Å²) in [6, 6.07) is 7.01. The van der Waals surface area contributed by atoms with Crippen LogP contribution in [0, 0.1) is 0 Å². The Morgan fingerprint density at radius 1 is 1.23 bits per heavy atom. The fraction of sp³-hybridized carbons (Fsp3) is 0.450. The van der Waals surface area contributed by atoms with E-state index in [0.717, 1.165) is 5.56 Å². The second kappa shape index (κ2) is 8.19. The van der Waals surface area contributed by atoms with Gasteiger partial charge in [-0.25, -0.2) is 23.2 Å². The Balaban J connectivity index is 1.69. The summed E-state index contributed by atoms with van der Waals surface area (Å²) in [7, 11) is -3.22. The average molecular weight is 432 g/mol. The standard InChI is InChI=1S/C20H25N5O4S/c1-3-21-20(26)22-15-6-4-14(5-7-15)18-23-17-12-30(27,28)11-16(17)19(24-18)25-8-9-29-10-13(25)2/h4-7,13H,3,8-12H2,1-2H3,(H2,21,22,26)/t13-/m0/s1. The van der Waals surface area contributed by atoms with Gasteiger partial charge in [0.15, 0.2) is 15.7 Å². The maximum Gasteiger partial charge on any atom is 0.319 e. The third-order valence-corrected chi connectivity index (χ3v) is 6.61. The fourth-order valence-corrected chi connectivity index (χ4v) is 5.20. The van der Waals surface area contributed by atoms with Gasteiger partial charge in [-0.15, -0.1) is 0 Å². The molecule has 2 aromatic rings. The molecule has 0 spiro atoms. The fourth-order valence-electron chi connectivity index (χ4n) is 3.71. The number of hydrogen-bond acceptors (Lipinski definition) is 7. The molecule has 0 saturated carbocycles. The minimum absolute atomic E-state index is 0.0303. The molecule has 3 heterocycles. The van der Waals surface area contributed by atoms with Crippen LogP contribution in [0.15, 0.2) is 24.3 Å². The van der Waals surface area contributed by atoms with Crippen LogP contribution in [0.25, 0.3) is 11.4 Å². The Hall–Kier alpha value is -2.72. The summed E-state index contributed by atoms with van der Waals surface area (Å²) < 4.78 is 30.1. The number of sulfone groups is 1. The van der Waals surface area contributed by atoms with Gasteiger partial charge in [-0.05, 0) is 38.1 Å². The number of ether oxygens (including phenoxy) is 1. The number of fused-ring (bicyclic) bond motifs is 1. The number of aromatic nitrogens is 2. The molecule has 0 bridgehead atoms. The van der Waals surface area contributed by atoms with Crippen LogP contribution in [-0.2, 0) is 26.1 Å². The monoisotopic (exact) mass is 431 g/mol. The summed E-state index contributed by atoms with van der Waals surface area (Å²) >= 11 is 0. The number of nitrogens with zero attached hydrogens (tertiary/aromatic N) is 3. The third-order valence-electron chi connectivity index (χ3n) is 5.17. The van der Waals surface area contributed by atoms with Crippen LogP contribution in [0.3, 0.4) is 0 Å². The highest BCUT2D eigenvalue weighted by atomic mass is 32.2. The normalized spacial score (nSPS) is 19.9. The van der Waals surface area contributed by atoms with Crippen molar-refractivity contribution >= 4 is 27.4 Å². The lowest BCUT2D eigenvalue weighted by molar-refractivity contribution is 0.0984. The van der Waals surface area contributed by atoms with Crippen molar-refractivity contribution in [2.75, 3.05) is 36.5 Å². The molecular formula is C20H25N5O4S. The summed E-state index contributed by atoms with van der Waals surface area (Å²) in [5.74, 6) is 1.05. The molecule has 4 rings (SSSR count). The van der Waals surface area contributed by atoms with Crippen molar-refractivity contribution in [1.82, 2.24) is 15.3 Å². The van der Waals surface area contributed by atoms with Gasteiger partial charge in [0.05, 0.1) is 36.5 Å². The smallest absolute Gasteiger partial charge is 0.319 e. The van der Waals surface area contributed by atoms with Crippen LogP contribution in [-0.4, -0.2) is 56.8 Å². The quantitative estimate of drug-likeness (QED) is 0.760. The second-order valence-corrected chi connectivity index (χ2v) is 9.57. The van der Waals surface area contributed by atoms with Crippen molar-refractivity contribution in [3.05, 3.63) is 35.5 Å². The van der Waals surface area contributed by atoms with E-state index in [-0.39, 0.29) is 23.6 Å². The minimum atomic E-state index is -3.22. The van der Waals surface area contributed by atoms with Crippen LogP contribution >= 0.6 is 0 Å². The average Bonchev–Trinajstić information content (AvgIpc) is 3.02. The molecule has 10 heteroatoms. The van der Waals surface area contributed by atoms with Gasteiger partial charge in [0.1, 0.15) is 5.82 Å². The molecule has 1 fully saturated rings. The number of morpholine rings is 1. The predicted molar refractivity (Wildman–Crippen MR) is 114 cm³/mol. The Bertz CT molecular complexity index is 1060. The number of benzene rings is 1. The first-order valence-electron chi connectivity index (χ1n) is 9.96. The molecule has 1 atom stereocenters. The summed E-state index contributed by atoms with van der Waals surface area (Å²) in [5.41, 5.74) is 2.67. The predicted octanol–water partition coefficient (Wildman–Crippen LogP) is 1.94. The lowest BCUT2D eigenvalue weighted by Gasteiger charge is -2.35. The molecule has 0 aliphatic carbocycles. The maximum absolute atomic E-state index is 12.3. The van der Waals surface area contributed by atoms with E-state index < -0.39 is 9.84 Å². The van der Waals surface area contributed by atoms with Crippen LogP contribution < -0.4 is 15.5 Å². The molecule has 9 nitrogen and oxygen atoms in total. The number of anilines is 2. The molecule has 1 aromatic carbocycles. The number of carbonyl (C=O) groups excluding carboxylic acids is 1. The topological polar surface area (TPSA) is 114 Å². The molecule has 2 amide bonds. The van der Waals surface area contributed by atoms with Crippen molar-refractivity contribution in [3.8, 4) is 11.4 Å². The molecule has 1 aromatic heterocycles. The molecule has 1 saturated heterocycles. The number of carbonyl (C=O) groups is 1. The Morgan fingerprint density at radius 2 is 2.00 bits per heavy atom. The van der Waals surface area contributed by atoms with Crippen LogP contribution in [0.1, 0.15) is 25.1 Å².